The third-order valence-corrected chi connectivity index (χ3v) is 4.82. The summed E-state index contributed by atoms with van der Waals surface area (Å²) in [5.74, 6) is 1.86. The summed E-state index contributed by atoms with van der Waals surface area (Å²) in [7, 11) is 0. The molecule has 1 heterocycles. The van der Waals surface area contributed by atoms with Crippen LogP contribution in [0.1, 0.15) is 52.9 Å². The number of ether oxygens (including phenoxy) is 1. The Balaban J connectivity index is 1.74. The Bertz CT molecular complexity index is 223. The highest BCUT2D eigenvalue weighted by molar-refractivity contribution is 4.94. The topological polar surface area (TPSA) is 21.3 Å². The van der Waals surface area contributed by atoms with Gasteiger partial charge in [-0.15, -0.1) is 0 Å². The summed E-state index contributed by atoms with van der Waals surface area (Å²) in [5.41, 5.74) is 0.225. The van der Waals surface area contributed by atoms with Crippen molar-refractivity contribution in [3.8, 4) is 0 Å². The van der Waals surface area contributed by atoms with Crippen LogP contribution < -0.4 is 5.32 Å². The van der Waals surface area contributed by atoms with Crippen LogP contribution in [-0.2, 0) is 4.74 Å². The molecule has 2 heteroatoms. The average molecular weight is 225 g/mol. The molecule has 2 unspecified atom stereocenters. The molecule has 0 aromatic rings. The van der Waals surface area contributed by atoms with Gasteiger partial charge in [0.05, 0.1) is 6.10 Å². The summed E-state index contributed by atoms with van der Waals surface area (Å²) in [6, 6.07) is 0. The summed E-state index contributed by atoms with van der Waals surface area (Å²) >= 11 is 0. The molecule has 1 aliphatic carbocycles. The predicted octanol–water partition coefficient (Wildman–Crippen LogP) is 2.97. The van der Waals surface area contributed by atoms with Crippen molar-refractivity contribution in [2.75, 3.05) is 13.2 Å². The van der Waals surface area contributed by atoms with Crippen molar-refractivity contribution in [1.29, 1.82) is 0 Å². The van der Waals surface area contributed by atoms with Gasteiger partial charge in [0.15, 0.2) is 0 Å². The molecule has 2 nitrogen and oxygen atoms in total. The average Bonchev–Trinajstić information content (AvgIpc) is 2.59. The Hall–Kier alpha value is -0.0800. The molecule has 2 fully saturated rings. The zero-order valence-electron chi connectivity index (χ0n) is 11.1. The normalized spacial score (nSPS) is 44.8. The van der Waals surface area contributed by atoms with E-state index in [4.69, 9.17) is 4.74 Å². The second kappa shape index (κ2) is 5.05. The van der Waals surface area contributed by atoms with Crippen molar-refractivity contribution in [3.05, 3.63) is 0 Å². The van der Waals surface area contributed by atoms with E-state index in [0.29, 0.717) is 6.10 Å². The maximum absolute atomic E-state index is 5.66. The van der Waals surface area contributed by atoms with Crippen molar-refractivity contribution >= 4 is 0 Å². The molecular formula is C14H27NO. The predicted molar refractivity (Wildman–Crippen MR) is 67.6 cm³/mol. The van der Waals surface area contributed by atoms with Gasteiger partial charge in [-0.1, -0.05) is 19.8 Å². The van der Waals surface area contributed by atoms with E-state index >= 15 is 0 Å². The zero-order chi connectivity index (χ0) is 11.6. The fraction of sp³-hybridized carbons (Fsp3) is 1.00. The summed E-state index contributed by atoms with van der Waals surface area (Å²) in [6.07, 6.45) is 7.22. The standard InChI is InChI=1S/C14H27NO/c1-11-4-6-13(7-5-11)10-15-14(3)8-9-16-12(14)2/h11-13,15H,4-10H2,1-3H3. The maximum atomic E-state index is 5.66. The highest BCUT2D eigenvalue weighted by Crippen LogP contribution is 2.30. The van der Waals surface area contributed by atoms with Crippen molar-refractivity contribution in [2.45, 2.75) is 64.5 Å². The highest BCUT2D eigenvalue weighted by atomic mass is 16.5. The summed E-state index contributed by atoms with van der Waals surface area (Å²) < 4.78 is 5.66. The largest absolute Gasteiger partial charge is 0.377 e. The van der Waals surface area contributed by atoms with Crippen LogP contribution in [0, 0.1) is 11.8 Å². The number of hydrogen-bond donors (Lipinski definition) is 1. The molecule has 0 bridgehead atoms. The quantitative estimate of drug-likeness (QED) is 0.797. The first-order valence-corrected chi connectivity index (χ1v) is 6.97. The van der Waals surface area contributed by atoms with Crippen LogP contribution in [0.2, 0.25) is 0 Å². The lowest BCUT2D eigenvalue weighted by Gasteiger charge is -2.33. The molecule has 16 heavy (non-hydrogen) atoms. The molecule has 0 spiro atoms. The Labute approximate surface area is 100 Å². The number of hydrogen-bond acceptors (Lipinski definition) is 2. The van der Waals surface area contributed by atoms with Crippen molar-refractivity contribution in [2.24, 2.45) is 11.8 Å². The van der Waals surface area contributed by atoms with E-state index in [1.165, 1.54) is 32.2 Å². The lowest BCUT2D eigenvalue weighted by atomic mass is 9.82. The maximum Gasteiger partial charge on any atom is 0.0726 e. The van der Waals surface area contributed by atoms with Gasteiger partial charge in [-0.2, -0.15) is 0 Å². The second-order valence-corrected chi connectivity index (χ2v) is 6.19. The van der Waals surface area contributed by atoms with E-state index in [1.807, 2.05) is 0 Å². The van der Waals surface area contributed by atoms with Crippen LogP contribution in [0.15, 0.2) is 0 Å². The Morgan fingerprint density at radius 1 is 1.19 bits per heavy atom. The fourth-order valence-corrected chi connectivity index (χ4v) is 2.98. The molecular weight excluding hydrogens is 198 g/mol. The minimum atomic E-state index is 0.225. The molecule has 2 atom stereocenters. The minimum absolute atomic E-state index is 0.225. The van der Waals surface area contributed by atoms with Crippen LogP contribution in [-0.4, -0.2) is 24.8 Å². The van der Waals surface area contributed by atoms with Crippen molar-refractivity contribution < 1.29 is 4.74 Å². The Morgan fingerprint density at radius 2 is 1.88 bits per heavy atom. The molecule has 1 aliphatic heterocycles. The molecule has 2 rings (SSSR count). The molecule has 0 aromatic heterocycles. The van der Waals surface area contributed by atoms with Gasteiger partial charge in [0.1, 0.15) is 0 Å². The van der Waals surface area contributed by atoms with Gasteiger partial charge in [0.2, 0.25) is 0 Å². The summed E-state index contributed by atoms with van der Waals surface area (Å²) in [6.45, 7) is 9.01. The van der Waals surface area contributed by atoms with E-state index in [1.54, 1.807) is 0 Å². The molecule has 0 aromatic carbocycles. The molecule has 1 saturated carbocycles. The van der Waals surface area contributed by atoms with Crippen LogP contribution in [0.3, 0.4) is 0 Å². The molecule has 0 radical (unpaired) electrons. The first-order valence-electron chi connectivity index (χ1n) is 6.97. The van der Waals surface area contributed by atoms with E-state index in [-0.39, 0.29) is 5.54 Å². The first kappa shape index (κ1) is 12.4. The third-order valence-electron chi connectivity index (χ3n) is 4.82. The number of nitrogens with one attached hydrogen (secondary N) is 1. The van der Waals surface area contributed by atoms with Gasteiger partial charge < -0.3 is 10.1 Å². The molecule has 2 aliphatic rings. The number of rotatable bonds is 3. The van der Waals surface area contributed by atoms with Crippen LogP contribution in [0.25, 0.3) is 0 Å². The molecule has 1 saturated heterocycles. The smallest absolute Gasteiger partial charge is 0.0726 e. The van der Waals surface area contributed by atoms with Gasteiger partial charge in [0.25, 0.3) is 0 Å². The SMILES string of the molecule is CC1CCC(CNC2(C)CCOC2C)CC1. The van der Waals surface area contributed by atoms with Crippen LogP contribution in [0.5, 0.6) is 0 Å². The second-order valence-electron chi connectivity index (χ2n) is 6.19. The highest BCUT2D eigenvalue weighted by Gasteiger charge is 2.36. The third kappa shape index (κ3) is 2.78. The lowest BCUT2D eigenvalue weighted by molar-refractivity contribution is 0.0857. The van der Waals surface area contributed by atoms with Gasteiger partial charge >= 0.3 is 0 Å². The summed E-state index contributed by atoms with van der Waals surface area (Å²) in [4.78, 5) is 0. The monoisotopic (exact) mass is 225 g/mol. The van der Waals surface area contributed by atoms with E-state index in [0.717, 1.165) is 24.9 Å². The fourth-order valence-electron chi connectivity index (χ4n) is 2.98. The minimum Gasteiger partial charge on any atom is -0.377 e. The van der Waals surface area contributed by atoms with Gasteiger partial charge in [-0.25, -0.2) is 0 Å². The Kier molecular flexibility index (Phi) is 3.91. The van der Waals surface area contributed by atoms with Crippen molar-refractivity contribution in [3.63, 3.8) is 0 Å². The summed E-state index contributed by atoms with van der Waals surface area (Å²) in [5, 5.41) is 3.77. The van der Waals surface area contributed by atoms with Crippen LogP contribution in [0.4, 0.5) is 0 Å². The van der Waals surface area contributed by atoms with Gasteiger partial charge in [-0.05, 0) is 51.5 Å². The van der Waals surface area contributed by atoms with Crippen molar-refractivity contribution in [1.82, 2.24) is 5.32 Å². The van der Waals surface area contributed by atoms with E-state index in [2.05, 4.69) is 26.1 Å². The van der Waals surface area contributed by atoms with E-state index in [9.17, 15) is 0 Å². The Morgan fingerprint density at radius 3 is 2.44 bits per heavy atom. The zero-order valence-corrected chi connectivity index (χ0v) is 11.1. The van der Waals surface area contributed by atoms with Gasteiger partial charge in [0, 0.05) is 12.1 Å². The first-order chi connectivity index (χ1) is 7.60. The van der Waals surface area contributed by atoms with Crippen LogP contribution >= 0.6 is 0 Å². The molecule has 1 N–H and O–H groups in total. The van der Waals surface area contributed by atoms with Gasteiger partial charge in [-0.3, -0.25) is 0 Å². The lowest BCUT2D eigenvalue weighted by Crippen LogP contribution is -2.49. The molecule has 0 amide bonds. The molecule has 94 valence electrons. The van der Waals surface area contributed by atoms with E-state index < -0.39 is 0 Å².